The second-order valence-electron chi connectivity index (χ2n) is 4.76. The summed E-state index contributed by atoms with van der Waals surface area (Å²) in [4.78, 5) is 0. The Balaban J connectivity index is 2.15. The van der Waals surface area contributed by atoms with Gasteiger partial charge in [-0.2, -0.15) is 0 Å². The predicted octanol–water partition coefficient (Wildman–Crippen LogP) is 3.04. The molecule has 1 heterocycles. The smallest absolute Gasteiger partial charge is 0.109 e. The summed E-state index contributed by atoms with van der Waals surface area (Å²) in [5.74, 6) is 0. The van der Waals surface area contributed by atoms with Crippen LogP contribution < -0.4 is 0 Å². The summed E-state index contributed by atoms with van der Waals surface area (Å²) in [6, 6.07) is -0.0612. The van der Waals surface area contributed by atoms with E-state index in [2.05, 4.69) is 13.8 Å². The van der Waals surface area contributed by atoms with Crippen LogP contribution in [0.2, 0.25) is 0 Å². The summed E-state index contributed by atoms with van der Waals surface area (Å²) >= 11 is 0. The Labute approximate surface area is 101 Å². The highest BCUT2D eigenvalue weighted by molar-refractivity contribution is 6.11. The van der Waals surface area contributed by atoms with Crippen molar-refractivity contribution < 1.29 is 9.47 Å². The van der Waals surface area contributed by atoms with E-state index in [1.54, 1.807) is 0 Å². The highest BCUT2D eigenvalue weighted by atomic mass is 16.5. The van der Waals surface area contributed by atoms with Crippen molar-refractivity contribution in [2.24, 2.45) is 0 Å². The maximum atomic E-state index is 5.94. The van der Waals surface area contributed by atoms with Gasteiger partial charge in [-0.3, -0.25) is 0 Å². The summed E-state index contributed by atoms with van der Waals surface area (Å²) in [6.07, 6.45) is 8.72. The minimum Gasteiger partial charge on any atom is -0.382 e. The lowest BCUT2D eigenvalue weighted by molar-refractivity contribution is -0.0328. The van der Waals surface area contributed by atoms with Crippen LogP contribution in [-0.4, -0.2) is 32.7 Å². The summed E-state index contributed by atoms with van der Waals surface area (Å²) in [7, 11) is 5.69. The zero-order valence-electron chi connectivity index (χ0n) is 10.8. The van der Waals surface area contributed by atoms with E-state index in [-0.39, 0.29) is 12.1 Å². The van der Waals surface area contributed by atoms with Crippen LogP contribution in [0.3, 0.4) is 0 Å². The third-order valence-electron chi connectivity index (χ3n) is 3.15. The largest absolute Gasteiger partial charge is 0.382 e. The lowest BCUT2D eigenvalue weighted by Crippen LogP contribution is -2.22. The first-order valence-electron chi connectivity index (χ1n) is 6.78. The molecule has 0 aromatic carbocycles. The molecule has 0 saturated carbocycles. The van der Waals surface area contributed by atoms with E-state index < -0.39 is 0 Å². The fourth-order valence-corrected chi connectivity index (χ4v) is 2.16. The van der Waals surface area contributed by atoms with Crippen LogP contribution in [0.4, 0.5) is 0 Å². The van der Waals surface area contributed by atoms with E-state index in [0.717, 1.165) is 19.4 Å². The molecule has 1 saturated heterocycles. The minimum absolute atomic E-state index is 0.0612. The first-order valence-corrected chi connectivity index (χ1v) is 6.78. The van der Waals surface area contributed by atoms with Crippen molar-refractivity contribution in [1.82, 2.24) is 0 Å². The van der Waals surface area contributed by atoms with Gasteiger partial charge in [-0.15, -0.1) is 0 Å². The maximum absolute atomic E-state index is 5.94. The number of hydrogen-bond acceptors (Lipinski definition) is 2. The normalized spacial score (nSPS) is 27.1. The van der Waals surface area contributed by atoms with E-state index in [9.17, 15) is 0 Å². The monoisotopic (exact) mass is 224 g/mol. The molecule has 0 aliphatic carbocycles. The van der Waals surface area contributed by atoms with Gasteiger partial charge in [-0.05, 0) is 25.7 Å². The first-order chi connectivity index (χ1) is 7.76. The van der Waals surface area contributed by atoms with Gasteiger partial charge in [0.1, 0.15) is 7.85 Å². The van der Waals surface area contributed by atoms with Gasteiger partial charge < -0.3 is 9.47 Å². The molecule has 0 spiro atoms. The highest BCUT2D eigenvalue weighted by Crippen LogP contribution is 2.19. The molecule has 1 fully saturated rings. The molecule has 1 rings (SSSR count). The Morgan fingerprint density at radius 1 is 1.25 bits per heavy atom. The minimum atomic E-state index is -0.0612. The van der Waals surface area contributed by atoms with Crippen LogP contribution in [0.5, 0.6) is 0 Å². The van der Waals surface area contributed by atoms with Gasteiger partial charge in [0.05, 0.1) is 18.8 Å². The van der Waals surface area contributed by atoms with Crippen LogP contribution in [-0.2, 0) is 9.47 Å². The van der Waals surface area contributed by atoms with E-state index in [4.69, 9.17) is 17.3 Å². The van der Waals surface area contributed by atoms with E-state index >= 15 is 0 Å². The van der Waals surface area contributed by atoms with Gasteiger partial charge in [0.2, 0.25) is 0 Å². The molecule has 0 aromatic rings. The summed E-state index contributed by atoms with van der Waals surface area (Å²) in [5.41, 5.74) is 0. The Hall–Kier alpha value is -0.0151. The molecule has 1 aliphatic heterocycles. The quantitative estimate of drug-likeness (QED) is 0.590. The van der Waals surface area contributed by atoms with Gasteiger partial charge in [-0.1, -0.05) is 33.1 Å². The van der Waals surface area contributed by atoms with Gasteiger partial charge in [0, 0.05) is 6.00 Å². The summed E-state index contributed by atoms with van der Waals surface area (Å²) in [5, 5.41) is 0. The van der Waals surface area contributed by atoms with E-state index in [1.165, 1.54) is 32.1 Å². The molecule has 0 N–H and O–H groups in total. The van der Waals surface area contributed by atoms with E-state index in [0.29, 0.717) is 6.10 Å². The second-order valence-corrected chi connectivity index (χ2v) is 4.76. The number of ether oxygens (including phenoxy) is 2. The Morgan fingerprint density at radius 2 is 2.06 bits per heavy atom. The molecule has 1 unspecified atom stereocenters. The zero-order chi connectivity index (χ0) is 11.8. The molecule has 2 radical (unpaired) electrons. The van der Waals surface area contributed by atoms with Crippen molar-refractivity contribution in [2.75, 3.05) is 6.61 Å². The molecule has 0 amide bonds. The number of rotatable bonds is 8. The third-order valence-corrected chi connectivity index (χ3v) is 3.15. The van der Waals surface area contributed by atoms with Crippen LogP contribution in [0.25, 0.3) is 0 Å². The van der Waals surface area contributed by atoms with Gasteiger partial charge in [0.25, 0.3) is 0 Å². The average molecular weight is 224 g/mol. The van der Waals surface area contributed by atoms with Crippen LogP contribution in [0.1, 0.15) is 58.8 Å². The molecule has 0 aromatic heterocycles. The second kappa shape index (κ2) is 8.13. The Bertz CT molecular complexity index is 175. The lowest BCUT2D eigenvalue weighted by atomic mass is 9.97. The van der Waals surface area contributed by atoms with Crippen molar-refractivity contribution in [3.63, 3.8) is 0 Å². The standard InChI is InChI=1S/C13H25BO2/c1-3-5-7-11(6-4-2)15-10-12-8-9-13(14)16-12/h11-13H,3-10H2,1-2H3/t11?,12-,13+/m0/s1. The summed E-state index contributed by atoms with van der Waals surface area (Å²) < 4.78 is 11.5. The summed E-state index contributed by atoms with van der Waals surface area (Å²) in [6.45, 7) is 5.16. The number of unbranched alkanes of at least 4 members (excludes halogenated alkanes) is 1. The molecule has 16 heavy (non-hydrogen) atoms. The van der Waals surface area contributed by atoms with Gasteiger partial charge in [-0.25, -0.2) is 0 Å². The Kier molecular flexibility index (Phi) is 7.14. The van der Waals surface area contributed by atoms with Crippen molar-refractivity contribution in [3.8, 4) is 0 Å². The third kappa shape index (κ3) is 5.35. The molecule has 1 aliphatic rings. The molecular formula is C13H25BO2. The molecule has 3 atom stereocenters. The molecule has 0 bridgehead atoms. The zero-order valence-corrected chi connectivity index (χ0v) is 10.8. The molecular weight excluding hydrogens is 199 g/mol. The lowest BCUT2D eigenvalue weighted by Gasteiger charge is -2.19. The van der Waals surface area contributed by atoms with E-state index in [1.807, 2.05) is 0 Å². The van der Waals surface area contributed by atoms with Crippen molar-refractivity contribution in [2.45, 2.75) is 77.0 Å². The average Bonchev–Trinajstić information content (AvgIpc) is 2.68. The molecule has 2 nitrogen and oxygen atoms in total. The van der Waals surface area contributed by atoms with Gasteiger partial charge >= 0.3 is 0 Å². The first kappa shape index (κ1) is 14.0. The fourth-order valence-electron chi connectivity index (χ4n) is 2.16. The maximum Gasteiger partial charge on any atom is 0.109 e. The number of hydrogen-bond donors (Lipinski definition) is 0. The topological polar surface area (TPSA) is 18.5 Å². The van der Waals surface area contributed by atoms with Crippen LogP contribution >= 0.6 is 0 Å². The van der Waals surface area contributed by atoms with Gasteiger partial charge in [0.15, 0.2) is 0 Å². The fraction of sp³-hybridized carbons (Fsp3) is 1.00. The predicted molar refractivity (Wildman–Crippen MR) is 67.8 cm³/mol. The molecule has 92 valence electrons. The van der Waals surface area contributed by atoms with Crippen molar-refractivity contribution in [3.05, 3.63) is 0 Å². The highest BCUT2D eigenvalue weighted by Gasteiger charge is 2.22. The van der Waals surface area contributed by atoms with Crippen LogP contribution in [0, 0.1) is 0 Å². The van der Waals surface area contributed by atoms with Crippen LogP contribution in [0.15, 0.2) is 0 Å². The molecule has 3 heteroatoms. The van der Waals surface area contributed by atoms with Crippen molar-refractivity contribution >= 4 is 7.85 Å². The SMILES string of the molecule is [B][C@H]1CC[C@@H](COC(CCC)CCCC)O1. The van der Waals surface area contributed by atoms with Crippen molar-refractivity contribution in [1.29, 1.82) is 0 Å². The Morgan fingerprint density at radius 3 is 2.62 bits per heavy atom.